The zero-order chi connectivity index (χ0) is 25.2. The van der Waals surface area contributed by atoms with Crippen molar-refractivity contribution >= 4 is 46.2 Å². The number of likely N-dealkylation sites (tertiary alicyclic amines) is 1. The van der Waals surface area contributed by atoms with Crippen LogP contribution >= 0.6 is 23.2 Å². The molecule has 5 rings (SSSR count). The standard InChI is InChI=1S/C24H25Cl2FN6O3/c25-18-11-15(12-19(26)22(18)27)14-36-24(35)33-5-3-17(4-6-33)31-7-9-32(10-8-31)23(34)16-1-2-20-21(13-16)29-30-28-20/h1-2,11-13,17H,3-10,14H2,(H,28,29,30). The number of rotatable bonds is 4. The second kappa shape index (κ2) is 10.6. The first-order valence-corrected chi connectivity index (χ1v) is 12.5. The van der Waals surface area contributed by atoms with Crippen molar-refractivity contribution in [1.82, 2.24) is 30.1 Å². The summed E-state index contributed by atoms with van der Waals surface area (Å²) in [6, 6.07) is 8.51. The molecule has 2 aromatic carbocycles. The number of nitrogens with zero attached hydrogens (tertiary/aromatic N) is 5. The largest absolute Gasteiger partial charge is 0.445 e. The summed E-state index contributed by atoms with van der Waals surface area (Å²) in [5.74, 6) is -0.686. The van der Waals surface area contributed by atoms with Crippen molar-refractivity contribution in [1.29, 1.82) is 0 Å². The minimum Gasteiger partial charge on any atom is -0.445 e. The highest BCUT2D eigenvalue weighted by Crippen LogP contribution is 2.26. The average molecular weight is 535 g/mol. The maximum Gasteiger partial charge on any atom is 0.410 e. The quantitative estimate of drug-likeness (QED) is 0.509. The molecule has 0 atom stereocenters. The van der Waals surface area contributed by atoms with Gasteiger partial charge in [0.05, 0.1) is 10.0 Å². The predicted molar refractivity (Wildman–Crippen MR) is 133 cm³/mol. The van der Waals surface area contributed by atoms with Crippen LogP contribution in [0.2, 0.25) is 10.0 Å². The lowest BCUT2D eigenvalue weighted by molar-refractivity contribution is 0.0401. The molecule has 0 spiro atoms. The van der Waals surface area contributed by atoms with Crippen molar-refractivity contribution in [3.05, 3.63) is 57.3 Å². The van der Waals surface area contributed by atoms with E-state index in [1.54, 1.807) is 23.1 Å². The second-order valence-electron chi connectivity index (χ2n) is 9.00. The zero-order valence-corrected chi connectivity index (χ0v) is 20.9. The summed E-state index contributed by atoms with van der Waals surface area (Å²) in [6.07, 6.45) is 1.25. The molecule has 0 aliphatic carbocycles. The zero-order valence-electron chi connectivity index (χ0n) is 19.4. The smallest absolute Gasteiger partial charge is 0.410 e. The van der Waals surface area contributed by atoms with Gasteiger partial charge in [0, 0.05) is 50.9 Å². The molecule has 0 unspecified atom stereocenters. The molecule has 0 radical (unpaired) electrons. The summed E-state index contributed by atoms with van der Waals surface area (Å²) in [5, 5.41) is 10.4. The van der Waals surface area contributed by atoms with Crippen LogP contribution in [0.1, 0.15) is 28.8 Å². The lowest BCUT2D eigenvalue weighted by Gasteiger charge is -2.42. The van der Waals surface area contributed by atoms with Crippen molar-refractivity contribution in [2.45, 2.75) is 25.5 Å². The minimum absolute atomic E-state index is 0.000782. The molecule has 2 amide bonds. The van der Waals surface area contributed by atoms with Gasteiger partial charge >= 0.3 is 6.09 Å². The minimum atomic E-state index is -0.686. The lowest BCUT2D eigenvalue weighted by Crippen LogP contribution is -2.54. The number of H-pyrrole nitrogens is 1. The van der Waals surface area contributed by atoms with Crippen LogP contribution in [0.15, 0.2) is 30.3 Å². The number of piperazine rings is 1. The molecule has 3 heterocycles. The van der Waals surface area contributed by atoms with Gasteiger partial charge in [0.15, 0.2) is 5.82 Å². The highest BCUT2D eigenvalue weighted by molar-refractivity contribution is 6.35. The van der Waals surface area contributed by atoms with Gasteiger partial charge in [0.25, 0.3) is 5.91 Å². The Hall–Kier alpha value is -2.95. The molecule has 0 bridgehead atoms. The number of nitrogens with one attached hydrogen (secondary N) is 1. The molecule has 36 heavy (non-hydrogen) atoms. The van der Waals surface area contributed by atoms with E-state index in [4.69, 9.17) is 27.9 Å². The fourth-order valence-corrected chi connectivity index (χ4v) is 5.32. The highest BCUT2D eigenvalue weighted by atomic mass is 35.5. The molecule has 12 heteroatoms. The number of halogens is 3. The number of benzene rings is 2. The molecule has 1 aromatic heterocycles. The Morgan fingerprint density at radius 1 is 0.944 bits per heavy atom. The van der Waals surface area contributed by atoms with Crippen molar-refractivity contribution < 1.29 is 18.7 Å². The van der Waals surface area contributed by atoms with Crippen molar-refractivity contribution in [3.63, 3.8) is 0 Å². The van der Waals surface area contributed by atoms with Gasteiger partial charge in [-0.3, -0.25) is 9.69 Å². The summed E-state index contributed by atoms with van der Waals surface area (Å²) in [6.45, 7) is 4.04. The molecule has 9 nitrogen and oxygen atoms in total. The Balaban J connectivity index is 1.07. The van der Waals surface area contributed by atoms with Crippen LogP contribution in [0.25, 0.3) is 11.0 Å². The van der Waals surface area contributed by atoms with E-state index in [0.29, 0.717) is 48.9 Å². The molecule has 2 fully saturated rings. The number of ether oxygens (including phenoxy) is 1. The van der Waals surface area contributed by atoms with Crippen molar-refractivity contribution in [2.75, 3.05) is 39.3 Å². The van der Waals surface area contributed by atoms with Crippen LogP contribution in [0.3, 0.4) is 0 Å². The highest BCUT2D eigenvalue weighted by Gasteiger charge is 2.31. The summed E-state index contributed by atoms with van der Waals surface area (Å²) in [5.41, 5.74) is 2.55. The normalized spacial score (nSPS) is 17.5. The third-order valence-electron chi connectivity index (χ3n) is 6.81. The summed E-state index contributed by atoms with van der Waals surface area (Å²) in [4.78, 5) is 31.4. The lowest BCUT2D eigenvalue weighted by atomic mass is 10.0. The van der Waals surface area contributed by atoms with Crippen LogP contribution in [-0.2, 0) is 11.3 Å². The second-order valence-corrected chi connectivity index (χ2v) is 9.82. The molecule has 2 saturated heterocycles. The molecule has 3 aromatic rings. The third-order valence-corrected chi connectivity index (χ3v) is 7.36. The topological polar surface area (TPSA) is 94.7 Å². The maximum atomic E-state index is 13.6. The molecular weight excluding hydrogens is 510 g/mol. The molecular formula is C24H25Cl2FN6O3. The molecule has 2 aliphatic heterocycles. The summed E-state index contributed by atoms with van der Waals surface area (Å²) >= 11 is 11.6. The Morgan fingerprint density at radius 2 is 1.61 bits per heavy atom. The van der Waals surface area contributed by atoms with E-state index in [0.717, 1.165) is 31.4 Å². The van der Waals surface area contributed by atoms with Gasteiger partial charge in [0.1, 0.15) is 17.6 Å². The van der Waals surface area contributed by atoms with Gasteiger partial charge in [-0.15, -0.1) is 0 Å². The Bertz CT molecular complexity index is 1250. The van der Waals surface area contributed by atoms with E-state index in [1.807, 2.05) is 4.90 Å². The predicted octanol–water partition coefficient (Wildman–Crippen LogP) is 3.96. The van der Waals surface area contributed by atoms with Gasteiger partial charge in [-0.1, -0.05) is 23.2 Å². The van der Waals surface area contributed by atoms with E-state index in [-0.39, 0.29) is 22.6 Å². The number of carbonyl (C=O) groups excluding carboxylic acids is 2. The van der Waals surface area contributed by atoms with Gasteiger partial charge in [0.2, 0.25) is 0 Å². The van der Waals surface area contributed by atoms with Gasteiger partial charge in [-0.05, 0) is 48.7 Å². The van der Waals surface area contributed by atoms with Crippen LogP contribution in [0, 0.1) is 5.82 Å². The van der Waals surface area contributed by atoms with Crippen LogP contribution in [0.4, 0.5) is 9.18 Å². The molecule has 0 saturated carbocycles. The van der Waals surface area contributed by atoms with E-state index in [1.165, 1.54) is 12.1 Å². The number of carbonyl (C=O) groups is 2. The van der Waals surface area contributed by atoms with Crippen LogP contribution in [0.5, 0.6) is 0 Å². The summed E-state index contributed by atoms with van der Waals surface area (Å²) < 4.78 is 18.9. The SMILES string of the molecule is O=C(OCc1cc(Cl)c(F)c(Cl)c1)N1CCC(N2CCN(C(=O)c3ccc4n[nH]nc4c3)CC2)CC1. The summed E-state index contributed by atoms with van der Waals surface area (Å²) in [7, 11) is 0. The number of hydrogen-bond acceptors (Lipinski definition) is 6. The Kier molecular flexibility index (Phi) is 7.27. The number of fused-ring (bicyclic) bond motifs is 1. The van der Waals surface area contributed by atoms with Gasteiger partial charge in [-0.25, -0.2) is 9.18 Å². The number of hydrogen-bond donors (Lipinski definition) is 1. The van der Waals surface area contributed by atoms with Crippen molar-refractivity contribution in [3.8, 4) is 0 Å². The first-order valence-electron chi connectivity index (χ1n) is 11.8. The fourth-order valence-electron chi connectivity index (χ4n) is 4.79. The van der Waals surface area contributed by atoms with Gasteiger partial charge < -0.3 is 14.5 Å². The average Bonchev–Trinajstić information content (AvgIpc) is 3.38. The van der Waals surface area contributed by atoms with E-state index in [9.17, 15) is 14.0 Å². The number of piperidine rings is 1. The first-order chi connectivity index (χ1) is 17.4. The van der Waals surface area contributed by atoms with E-state index < -0.39 is 11.9 Å². The molecule has 190 valence electrons. The van der Waals surface area contributed by atoms with Gasteiger partial charge in [-0.2, -0.15) is 15.4 Å². The van der Waals surface area contributed by atoms with E-state index in [2.05, 4.69) is 20.3 Å². The van der Waals surface area contributed by atoms with Crippen molar-refractivity contribution in [2.24, 2.45) is 0 Å². The van der Waals surface area contributed by atoms with E-state index >= 15 is 0 Å². The van der Waals surface area contributed by atoms with Crippen LogP contribution in [-0.4, -0.2) is 87.4 Å². The molecule has 1 N–H and O–H groups in total. The van der Waals surface area contributed by atoms with Crippen LogP contribution < -0.4 is 0 Å². The Morgan fingerprint density at radius 3 is 2.31 bits per heavy atom. The maximum absolute atomic E-state index is 13.6. The number of aromatic nitrogens is 3. The number of amides is 2. The first kappa shape index (κ1) is 24.7. The molecule has 2 aliphatic rings. The monoisotopic (exact) mass is 534 g/mol. The Labute approximate surface area is 217 Å². The fraction of sp³-hybridized carbons (Fsp3) is 0.417. The third kappa shape index (κ3) is 5.25. The number of aromatic amines is 1.